The Morgan fingerprint density at radius 2 is 1.76 bits per heavy atom. The van der Waals surface area contributed by atoms with Crippen molar-refractivity contribution in [2.24, 2.45) is 0 Å². The zero-order valence-electron chi connectivity index (χ0n) is 19.5. The molecule has 1 saturated heterocycles. The van der Waals surface area contributed by atoms with Gasteiger partial charge in [-0.15, -0.1) is 0 Å². The van der Waals surface area contributed by atoms with E-state index in [0.29, 0.717) is 28.5 Å². The largest absolute Gasteiger partial charge is 0.493 e. The van der Waals surface area contributed by atoms with Crippen LogP contribution in [0.2, 0.25) is 0 Å². The van der Waals surface area contributed by atoms with Crippen molar-refractivity contribution in [2.75, 3.05) is 52.9 Å². The zero-order chi connectivity index (χ0) is 23.4. The van der Waals surface area contributed by atoms with Crippen molar-refractivity contribution in [3.63, 3.8) is 0 Å². The van der Waals surface area contributed by atoms with Crippen molar-refractivity contribution >= 4 is 22.6 Å². The van der Waals surface area contributed by atoms with E-state index in [9.17, 15) is 4.79 Å². The van der Waals surface area contributed by atoms with E-state index in [1.807, 2.05) is 18.2 Å². The normalized spacial score (nSPS) is 14.3. The first kappa shape index (κ1) is 22.9. The number of nitrogens with one attached hydrogen (secondary N) is 1. The molecule has 176 valence electrons. The van der Waals surface area contributed by atoms with Gasteiger partial charge in [0, 0.05) is 30.9 Å². The molecular formula is C24H30N4O5. The summed E-state index contributed by atoms with van der Waals surface area (Å²) in [6, 6.07) is 9.05. The number of aryl methyl sites for hydroxylation is 1. The van der Waals surface area contributed by atoms with Crippen molar-refractivity contribution < 1.29 is 23.7 Å². The number of anilines is 1. The van der Waals surface area contributed by atoms with E-state index in [1.54, 1.807) is 12.1 Å². The highest BCUT2D eigenvalue weighted by atomic mass is 16.5. The molecule has 4 rings (SSSR count). The maximum Gasteiger partial charge on any atom is 0.255 e. The predicted octanol–water partition coefficient (Wildman–Crippen LogP) is 3.17. The molecule has 1 fully saturated rings. The van der Waals surface area contributed by atoms with Gasteiger partial charge in [-0.1, -0.05) is 0 Å². The molecule has 9 nitrogen and oxygen atoms in total. The van der Waals surface area contributed by atoms with Crippen LogP contribution in [-0.4, -0.2) is 68.0 Å². The highest BCUT2D eigenvalue weighted by Crippen LogP contribution is 2.38. The number of amides is 1. The molecular weight excluding hydrogens is 424 g/mol. The Labute approximate surface area is 193 Å². The average Bonchev–Trinajstić information content (AvgIpc) is 3.19. The summed E-state index contributed by atoms with van der Waals surface area (Å²) < 4.78 is 23.7. The second-order valence-electron chi connectivity index (χ2n) is 7.73. The molecule has 1 amide bonds. The summed E-state index contributed by atoms with van der Waals surface area (Å²) >= 11 is 0. The summed E-state index contributed by atoms with van der Waals surface area (Å²) in [5.74, 6) is 2.02. The summed E-state index contributed by atoms with van der Waals surface area (Å²) in [5.41, 5.74) is 2.96. The van der Waals surface area contributed by atoms with Crippen molar-refractivity contribution in [1.29, 1.82) is 0 Å². The van der Waals surface area contributed by atoms with E-state index in [1.165, 1.54) is 21.3 Å². The second kappa shape index (κ2) is 10.1. The Hall–Kier alpha value is -3.30. The van der Waals surface area contributed by atoms with Gasteiger partial charge in [0.2, 0.25) is 5.75 Å². The number of benzene rings is 2. The van der Waals surface area contributed by atoms with E-state index < -0.39 is 0 Å². The molecule has 0 saturated carbocycles. The number of aromatic nitrogens is 2. The van der Waals surface area contributed by atoms with Crippen LogP contribution in [0.1, 0.15) is 23.1 Å². The fraction of sp³-hybridized carbons (Fsp3) is 0.417. The van der Waals surface area contributed by atoms with Crippen LogP contribution >= 0.6 is 0 Å². The van der Waals surface area contributed by atoms with E-state index in [0.717, 1.165) is 56.3 Å². The lowest BCUT2D eigenvalue weighted by Crippen LogP contribution is -2.36. The minimum atomic E-state index is -0.280. The number of hydrogen-bond donors (Lipinski definition) is 1. The van der Waals surface area contributed by atoms with Crippen LogP contribution in [0.3, 0.4) is 0 Å². The molecule has 0 bridgehead atoms. The van der Waals surface area contributed by atoms with Gasteiger partial charge in [0.25, 0.3) is 5.91 Å². The smallest absolute Gasteiger partial charge is 0.255 e. The molecule has 1 aromatic heterocycles. The molecule has 2 heterocycles. The molecule has 3 aromatic rings. The number of methoxy groups -OCH3 is 3. The van der Waals surface area contributed by atoms with E-state index >= 15 is 0 Å². The topological polar surface area (TPSA) is 87.1 Å². The SMILES string of the molecule is CCn1c(CN2CCOCC2)nc2cc(NC(=O)c3cc(OC)c(OC)c(OC)c3)ccc21. The number of imidazole rings is 1. The minimum absolute atomic E-state index is 0.280. The maximum atomic E-state index is 13.0. The zero-order valence-corrected chi connectivity index (χ0v) is 19.5. The van der Waals surface area contributed by atoms with Crippen LogP contribution in [0, 0.1) is 0 Å². The second-order valence-corrected chi connectivity index (χ2v) is 7.73. The molecule has 0 atom stereocenters. The summed E-state index contributed by atoms with van der Waals surface area (Å²) in [6.45, 7) is 7.04. The molecule has 33 heavy (non-hydrogen) atoms. The first-order valence-electron chi connectivity index (χ1n) is 11.0. The lowest BCUT2D eigenvalue weighted by atomic mass is 10.1. The molecule has 1 aliphatic rings. The Morgan fingerprint density at radius 1 is 1.06 bits per heavy atom. The van der Waals surface area contributed by atoms with E-state index in [-0.39, 0.29) is 5.91 Å². The van der Waals surface area contributed by atoms with Crippen molar-refractivity contribution in [1.82, 2.24) is 14.5 Å². The average molecular weight is 455 g/mol. The number of ether oxygens (including phenoxy) is 4. The summed E-state index contributed by atoms with van der Waals surface area (Å²) in [4.78, 5) is 20.2. The van der Waals surface area contributed by atoms with Crippen LogP contribution in [-0.2, 0) is 17.8 Å². The first-order chi connectivity index (χ1) is 16.1. The molecule has 0 spiro atoms. The van der Waals surface area contributed by atoms with Crippen LogP contribution < -0.4 is 19.5 Å². The van der Waals surface area contributed by atoms with E-state index in [4.69, 9.17) is 23.9 Å². The van der Waals surface area contributed by atoms with Gasteiger partial charge in [-0.3, -0.25) is 9.69 Å². The van der Waals surface area contributed by atoms with Crippen LogP contribution in [0.25, 0.3) is 11.0 Å². The lowest BCUT2D eigenvalue weighted by molar-refractivity contribution is 0.0327. The molecule has 0 aliphatic carbocycles. The number of hydrogen-bond acceptors (Lipinski definition) is 7. The number of morpholine rings is 1. The predicted molar refractivity (Wildman–Crippen MR) is 126 cm³/mol. The molecule has 1 N–H and O–H groups in total. The monoisotopic (exact) mass is 454 g/mol. The third-order valence-corrected chi connectivity index (χ3v) is 5.80. The summed E-state index contributed by atoms with van der Waals surface area (Å²) in [7, 11) is 4.56. The molecule has 0 unspecified atom stereocenters. The number of carbonyl (C=O) groups excluding carboxylic acids is 1. The third kappa shape index (κ3) is 4.74. The Bertz CT molecular complexity index is 1110. The first-order valence-corrected chi connectivity index (χ1v) is 11.0. The number of rotatable bonds is 8. The molecule has 2 aromatic carbocycles. The van der Waals surface area contributed by atoms with Crippen molar-refractivity contribution in [2.45, 2.75) is 20.0 Å². The highest BCUT2D eigenvalue weighted by Gasteiger charge is 2.19. The third-order valence-electron chi connectivity index (χ3n) is 5.80. The molecule has 9 heteroatoms. The minimum Gasteiger partial charge on any atom is -0.493 e. The van der Waals surface area contributed by atoms with Gasteiger partial charge in [-0.05, 0) is 37.3 Å². The van der Waals surface area contributed by atoms with Gasteiger partial charge in [-0.25, -0.2) is 4.98 Å². The Morgan fingerprint density at radius 3 is 2.36 bits per heavy atom. The summed E-state index contributed by atoms with van der Waals surface area (Å²) in [5, 5.41) is 2.95. The van der Waals surface area contributed by atoms with Gasteiger partial charge in [0.15, 0.2) is 11.5 Å². The van der Waals surface area contributed by atoms with Crippen molar-refractivity contribution in [3.8, 4) is 17.2 Å². The van der Waals surface area contributed by atoms with E-state index in [2.05, 4.69) is 21.7 Å². The fourth-order valence-corrected chi connectivity index (χ4v) is 4.11. The van der Waals surface area contributed by atoms with Gasteiger partial charge in [0.1, 0.15) is 5.82 Å². The van der Waals surface area contributed by atoms with Gasteiger partial charge < -0.3 is 28.8 Å². The van der Waals surface area contributed by atoms with Gasteiger partial charge in [0.05, 0.1) is 52.1 Å². The van der Waals surface area contributed by atoms with Crippen LogP contribution in [0.15, 0.2) is 30.3 Å². The van der Waals surface area contributed by atoms with Crippen LogP contribution in [0.5, 0.6) is 17.2 Å². The number of fused-ring (bicyclic) bond motifs is 1. The van der Waals surface area contributed by atoms with Crippen LogP contribution in [0.4, 0.5) is 5.69 Å². The summed E-state index contributed by atoms with van der Waals surface area (Å²) in [6.07, 6.45) is 0. The van der Waals surface area contributed by atoms with Crippen molar-refractivity contribution in [3.05, 3.63) is 41.7 Å². The number of carbonyl (C=O) groups is 1. The Kier molecular flexibility index (Phi) is 7.00. The molecule has 1 aliphatic heterocycles. The quantitative estimate of drug-likeness (QED) is 0.559. The standard InChI is InChI=1S/C24H30N4O5/c1-5-28-19-7-6-17(14-18(19)26-22(28)15-27-8-10-33-11-9-27)25-24(29)16-12-20(30-2)23(32-4)21(13-16)31-3/h6-7,12-14H,5,8-11,15H2,1-4H3,(H,25,29). The lowest BCUT2D eigenvalue weighted by Gasteiger charge is -2.26. The fourth-order valence-electron chi connectivity index (χ4n) is 4.11. The maximum absolute atomic E-state index is 13.0. The Balaban J connectivity index is 1.58. The number of nitrogens with zero attached hydrogens (tertiary/aromatic N) is 3. The van der Waals surface area contributed by atoms with Gasteiger partial charge in [-0.2, -0.15) is 0 Å². The molecule has 0 radical (unpaired) electrons. The highest BCUT2D eigenvalue weighted by molar-refractivity contribution is 6.05. The van der Waals surface area contributed by atoms with Gasteiger partial charge >= 0.3 is 0 Å².